The van der Waals surface area contributed by atoms with Gasteiger partial charge in [0.25, 0.3) is 0 Å². The third-order valence-electron chi connectivity index (χ3n) is 4.50. The van der Waals surface area contributed by atoms with Gasteiger partial charge in [-0.1, -0.05) is 11.6 Å². The number of aromatic nitrogens is 5. The molecule has 0 radical (unpaired) electrons. The van der Waals surface area contributed by atoms with Crippen molar-refractivity contribution < 1.29 is 4.39 Å². The molecule has 0 aliphatic heterocycles. The van der Waals surface area contributed by atoms with Crippen LogP contribution in [0.4, 0.5) is 10.2 Å². The van der Waals surface area contributed by atoms with Crippen molar-refractivity contribution >= 4 is 17.4 Å². The Bertz CT molecular complexity index is 1100. The topological polar surface area (TPSA) is 60.6 Å². The van der Waals surface area contributed by atoms with Crippen molar-refractivity contribution in [3.8, 4) is 16.9 Å². The fraction of sp³-hybridized carbons (Fsp3) is 0.150. The predicted octanol–water partition coefficient (Wildman–Crippen LogP) is 4.38. The zero-order chi connectivity index (χ0) is 19.7. The van der Waals surface area contributed by atoms with E-state index in [9.17, 15) is 4.39 Å². The van der Waals surface area contributed by atoms with Crippen LogP contribution >= 0.6 is 11.6 Å². The Balaban J connectivity index is 1.56. The van der Waals surface area contributed by atoms with Crippen LogP contribution in [0.25, 0.3) is 16.9 Å². The molecule has 0 aliphatic rings. The first kappa shape index (κ1) is 18.2. The van der Waals surface area contributed by atoms with Crippen LogP contribution in [-0.4, -0.2) is 24.5 Å². The van der Waals surface area contributed by atoms with Gasteiger partial charge in [0.2, 0.25) is 0 Å². The molecule has 28 heavy (non-hydrogen) atoms. The molecule has 3 heterocycles. The highest BCUT2D eigenvalue weighted by molar-refractivity contribution is 6.30. The molecule has 8 heteroatoms. The van der Waals surface area contributed by atoms with E-state index in [2.05, 4.69) is 20.5 Å². The van der Waals surface area contributed by atoms with E-state index in [1.807, 2.05) is 32.2 Å². The average Bonchev–Trinajstić information content (AvgIpc) is 3.21. The fourth-order valence-corrected chi connectivity index (χ4v) is 3.30. The van der Waals surface area contributed by atoms with E-state index in [4.69, 9.17) is 11.6 Å². The van der Waals surface area contributed by atoms with Gasteiger partial charge in [-0.15, -0.1) is 0 Å². The summed E-state index contributed by atoms with van der Waals surface area (Å²) in [7, 11) is 1.88. The Hall–Kier alpha value is -3.19. The van der Waals surface area contributed by atoms with Crippen LogP contribution in [0.15, 0.2) is 54.9 Å². The molecular weight excluding hydrogens is 379 g/mol. The van der Waals surface area contributed by atoms with Gasteiger partial charge >= 0.3 is 0 Å². The van der Waals surface area contributed by atoms with Crippen molar-refractivity contribution in [2.75, 3.05) is 5.32 Å². The lowest BCUT2D eigenvalue weighted by molar-refractivity contribution is 0.627. The summed E-state index contributed by atoms with van der Waals surface area (Å²) in [6, 6.07) is 11.9. The maximum absolute atomic E-state index is 13.2. The number of benzene rings is 1. The molecule has 3 aromatic heterocycles. The number of hydrogen-bond acceptors (Lipinski definition) is 4. The molecule has 0 unspecified atom stereocenters. The van der Waals surface area contributed by atoms with Crippen LogP contribution in [0.2, 0.25) is 5.15 Å². The molecule has 0 saturated carbocycles. The van der Waals surface area contributed by atoms with Crippen LogP contribution in [0, 0.1) is 12.7 Å². The smallest absolute Gasteiger partial charge is 0.138 e. The van der Waals surface area contributed by atoms with Crippen molar-refractivity contribution in [3.63, 3.8) is 0 Å². The second-order valence-corrected chi connectivity index (χ2v) is 6.73. The number of hydrogen-bond donors (Lipinski definition) is 1. The summed E-state index contributed by atoms with van der Waals surface area (Å²) < 4.78 is 16.6. The lowest BCUT2D eigenvalue weighted by atomic mass is 10.2. The van der Waals surface area contributed by atoms with Gasteiger partial charge < -0.3 is 5.32 Å². The van der Waals surface area contributed by atoms with Gasteiger partial charge in [0, 0.05) is 43.2 Å². The van der Waals surface area contributed by atoms with E-state index < -0.39 is 0 Å². The number of aryl methyl sites for hydroxylation is 2. The minimum absolute atomic E-state index is 0.299. The minimum Gasteiger partial charge on any atom is -0.366 e. The van der Waals surface area contributed by atoms with Crippen molar-refractivity contribution in [1.82, 2.24) is 24.5 Å². The van der Waals surface area contributed by atoms with Crippen molar-refractivity contribution in [1.29, 1.82) is 0 Å². The largest absolute Gasteiger partial charge is 0.366 e. The number of nitrogens with one attached hydrogen (secondary N) is 1. The second kappa shape index (κ2) is 7.44. The van der Waals surface area contributed by atoms with E-state index in [0.717, 1.165) is 28.3 Å². The first-order valence-electron chi connectivity index (χ1n) is 8.71. The molecule has 4 aromatic rings. The molecule has 142 valence electrons. The molecule has 1 aromatic carbocycles. The third-order valence-corrected chi connectivity index (χ3v) is 4.88. The molecule has 0 saturated heterocycles. The Morgan fingerprint density at radius 3 is 2.50 bits per heavy atom. The summed E-state index contributed by atoms with van der Waals surface area (Å²) in [5.41, 5.74) is 4.24. The maximum Gasteiger partial charge on any atom is 0.138 e. The van der Waals surface area contributed by atoms with Gasteiger partial charge in [-0.05, 0) is 43.3 Å². The van der Waals surface area contributed by atoms with E-state index in [-0.39, 0.29) is 5.82 Å². The van der Waals surface area contributed by atoms with Gasteiger partial charge in [0.1, 0.15) is 16.8 Å². The molecular formula is C20H18ClFN6. The van der Waals surface area contributed by atoms with Gasteiger partial charge in [-0.25, -0.2) is 9.07 Å². The Morgan fingerprint density at radius 1 is 1.07 bits per heavy atom. The fourth-order valence-electron chi connectivity index (χ4n) is 2.96. The van der Waals surface area contributed by atoms with Crippen LogP contribution in [0.3, 0.4) is 0 Å². The third kappa shape index (κ3) is 3.48. The van der Waals surface area contributed by atoms with Crippen LogP contribution in [0.5, 0.6) is 0 Å². The van der Waals surface area contributed by atoms with Gasteiger partial charge in [-0.3, -0.25) is 9.67 Å². The summed E-state index contributed by atoms with van der Waals surface area (Å²) in [6.45, 7) is 2.38. The molecule has 6 nitrogen and oxygen atoms in total. The van der Waals surface area contributed by atoms with Crippen molar-refractivity contribution in [3.05, 3.63) is 77.1 Å². The maximum atomic E-state index is 13.2. The highest BCUT2D eigenvalue weighted by atomic mass is 35.5. The standard InChI is InChI=1S/C20H18ClFN6/c1-13-17(20(21)28(25-13)16-5-3-15(22)4-6-16)12-24-19-11-18(26-27(19)2)14-7-9-23-10-8-14/h3-11,24H,12H2,1-2H3. The van der Waals surface area contributed by atoms with Crippen molar-refractivity contribution in [2.45, 2.75) is 13.5 Å². The van der Waals surface area contributed by atoms with Gasteiger partial charge in [0.15, 0.2) is 0 Å². The first-order valence-corrected chi connectivity index (χ1v) is 9.09. The summed E-state index contributed by atoms with van der Waals surface area (Å²) >= 11 is 6.55. The van der Waals surface area contributed by atoms with Crippen LogP contribution in [-0.2, 0) is 13.6 Å². The van der Waals surface area contributed by atoms with Gasteiger partial charge in [-0.2, -0.15) is 10.2 Å². The molecule has 0 aliphatic carbocycles. The molecule has 0 spiro atoms. The van der Waals surface area contributed by atoms with E-state index in [0.29, 0.717) is 17.4 Å². The van der Waals surface area contributed by atoms with Crippen LogP contribution in [0.1, 0.15) is 11.3 Å². The Labute approximate surface area is 166 Å². The molecule has 0 amide bonds. The van der Waals surface area contributed by atoms with Crippen LogP contribution < -0.4 is 5.32 Å². The molecule has 0 bridgehead atoms. The zero-order valence-corrected chi connectivity index (χ0v) is 16.2. The highest BCUT2D eigenvalue weighted by Gasteiger charge is 2.15. The molecule has 1 N–H and O–H groups in total. The van der Waals surface area contributed by atoms with E-state index in [1.54, 1.807) is 33.9 Å². The van der Waals surface area contributed by atoms with E-state index >= 15 is 0 Å². The minimum atomic E-state index is -0.299. The monoisotopic (exact) mass is 396 g/mol. The van der Waals surface area contributed by atoms with E-state index in [1.165, 1.54) is 12.1 Å². The number of rotatable bonds is 5. The Morgan fingerprint density at radius 2 is 1.79 bits per heavy atom. The molecule has 0 fully saturated rings. The highest BCUT2D eigenvalue weighted by Crippen LogP contribution is 2.26. The Kier molecular flexibility index (Phi) is 4.83. The predicted molar refractivity (Wildman–Crippen MR) is 107 cm³/mol. The van der Waals surface area contributed by atoms with Crippen molar-refractivity contribution in [2.24, 2.45) is 7.05 Å². The lowest BCUT2D eigenvalue weighted by Gasteiger charge is -2.07. The summed E-state index contributed by atoms with van der Waals surface area (Å²) in [5.74, 6) is 0.559. The zero-order valence-electron chi connectivity index (χ0n) is 15.4. The number of halogens is 2. The second-order valence-electron chi connectivity index (χ2n) is 6.37. The quantitative estimate of drug-likeness (QED) is 0.543. The summed E-state index contributed by atoms with van der Waals surface area (Å²) in [4.78, 5) is 4.03. The molecule has 4 rings (SSSR count). The number of anilines is 1. The SMILES string of the molecule is Cc1nn(-c2ccc(F)cc2)c(Cl)c1CNc1cc(-c2ccncc2)nn1C. The average molecular weight is 397 g/mol. The molecule has 0 atom stereocenters. The van der Waals surface area contributed by atoms with Gasteiger partial charge in [0.05, 0.1) is 17.1 Å². The summed E-state index contributed by atoms with van der Waals surface area (Å²) in [6.07, 6.45) is 3.48. The first-order chi connectivity index (χ1) is 13.5. The number of nitrogens with zero attached hydrogens (tertiary/aromatic N) is 5. The number of pyridine rings is 1. The summed E-state index contributed by atoms with van der Waals surface area (Å²) in [5, 5.41) is 12.9. The normalized spacial score (nSPS) is 11.0. The lowest BCUT2D eigenvalue weighted by Crippen LogP contribution is -2.05.